The van der Waals surface area contributed by atoms with Gasteiger partial charge in [-0.05, 0) is 12.3 Å². The van der Waals surface area contributed by atoms with Gasteiger partial charge in [-0.15, -0.1) is 0 Å². The molecule has 0 rings (SSSR count). The fourth-order valence-electron chi connectivity index (χ4n) is 0.881. The third-order valence-electron chi connectivity index (χ3n) is 1.46. The van der Waals surface area contributed by atoms with E-state index in [2.05, 4.69) is 10.1 Å². The summed E-state index contributed by atoms with van der Waals surface area (Å²) in [6.45, 7) is 3.98. The zero-order valence-corrected chi connectivity index (χ0v) is 10.1. The number of amides is 1. The molecular weight excluding hydrogens is 285 g/mol. The molecule has 0 heterocycles. The van der Waals surface area contributed by atoms with Crippen molar-refractivity contribution < 1.29 is 14.3 Å². The number of nitrogens with one attached hydrogen (secondary N) is 1. The van der Waals surface area contributed by atoms with Crippen molar-refractivity contribution in [2.75, 3.05) is 7.11 Å². The van der Waals surface area contributed by atoms with Crippen molar-refractivity contribution in [1.82, 2.24) is 5.32 Å². The first kappa shape index (κ1) is 12.7. The molecule has 1 atom stereocenters. The topological polar surface area (TPSA) is 55.4 Å². The summed E-state index contributed by atoms with van der Waals surface area (Å²) in [6.07, 6.45) is 0.0762. The SMILES string of the molecule is COC(=O)N[C@@H](CC(C)C)C(=O)I. The molecule has 0 aromatic carbocycles. The predicted octanol–water partition coefficient (Wildman–Crippen LogP) is 1.72. The third-order valence-corrected chi connectivity index (χ3v) is 2.21. The second kappa shape index (κ2) is 6.17. The summed E-state index contributed by atoms with van der Waals surface area (Å²) >= 11 is 1.68. The number of ether oxygens (including phenoxy) is 1. The summed E-state index contributed by atoms with van der Waals surface area (Å²) in [6, 6.07) is -0.437. The molecule has 0 radical (unpaired) electrons. The van der Waals surface area contributed by atoms with Crippen LogP contribution in [0.3, 0.4) is 0 Å². The van der Waals surface area contributed by atoms with Crippen molar-refractivity contribution in [1.29, 1.82) is 0 Å². The molecule has 0 fully saturated rings. The fraction of sp³-hybridized carbons (Fsp3) is 0.750. The van der Waals surface area contributed by atoms with E-state index in [1.807, 2.05) is 13.8 Å². The zero-order valence-electron chi connectivity index (χ0n) is 7.96. The van der Waals surface area contributed by atoms with Crippen molar-refractivity contribution in [3.05, 3.63) is 0 Å². The van der Waals surface area contributed by atoms with Crippen LogP contribution in [0, 0.1) is 5.92 Å². The second-order valence-electron chi connectivity index (χ2n) is 3.12. The van der Waals surface area contributed by atoms with Gasteiger partial charge in [0.15, 0.2) is 0 Å². The van der Waals surface area contributed by atoms with E-state index in [1.54, 1.807) is 22.6 Å². The van der Waals surface area contributed by atoms with Crippen LogP contribution < -0.4 is 5.32 Å². The molecule has 0 aliphatic rings. The minimum absolute atomic E-state index is 0.0725. The molecule has 0 aliphatic carbocycles. The van der Waals surface area contributed by atoms with E-state index in [9.17, 15) is 9.59 Å². The van der Waals surface area contributed by atoms with E-state index in [0.717, 1.165) is 0 Å². The number of halogens is 1. The van der Waals surface area contributed by atoms with Gasteiger partial charge in [0.1, 0.15) is 6.04 Å². The van der Waals surface area contributed by atoms with Gasteiger partial charge in [0, 0.05) is 22.6 Å². The van der Waals surface area contributed by atoms with Crippen molar-refractivity contribution in [3.63, 3.8) is 0 Å². The number of alkyl carbamates (subject to hydrolysis) is 1. The van der Waals surface area contributed by atoms with Gasteiger partial charge in [-0.1, -0.05) is 13.8 Å². The van der Waals surface area contributed by atoms with E-state index >= 15 is 0 Å². The average Bonchev–Trinajstić information content (AvgIpc) is 2.02. The van der Waals surface area contributed by atoms with Gasteiger partial charge in [0.05, 0.1) is 7.11 Å². The van der Waals surface area contributed by atoms with Gasteiger partial charge < -0.3 is 10.1 Å². The number of hydrogen-bond acceptors (Lipinski definition) is 3. The number of hydrogen-bond donors (Lipinski definition) is 1. The highest BCUT2D eigenvalue weighted by molar-refractivity contribution is 14.1. The predicted molar refractivity (Wildman–Crippen MR) is 57.8 cm³/mol. The molecule has 13 heavy (non-hydrogen) atoms. The van der Waals surface area contributed by atoms with Crippen LogP contribution in [-0.2, 0) is 9.53 Å². The third kappa shape index (κ3) is 5.84. The maximum absolute atomic E-state index is 11.0. The smallest absolute Gasteiger partial charge is 0.407 e. The standard InChI is InChI=1S/C8H14INO3/c1-5(2)4-6(7(9)11)10-8(12)13-3/h5-6H,4H2,1-3H3,(H,10,12)/t6-/m0/s1. The van der Waals surface area contributed by atoms with E-state index < -0.39 is 12.1 Å². The summed E-state index contributed by atoms with van der Waals surface area (Å²) in [5.41, 5.74) is 0. The van der Waals surface area contributed by atoms with Crippen molar-refractivity contribution in [3.8, 4) is 0 Å². The maximum atomic E-state index is 11.0. The van der Waals surface area contributed by atoms with Crippen LogP contribution in [0.2, 0.25) is 0 Å². The molecule has 0 saturated carbocycles. The lowest BCUT2D eigenvalue weighted by Crippen LogP contribution is -2.39. The summed E-state index contributed by atoms with van der Waals surface area (Å²) in [5, 5.41) is 2.48. The van der Waals surface area contributed by atoms with E-state index in [0.29, 0.717) is 12.3 Å². The van der Waals surface area contributed by atoms with Gasteiger partial charge in [0.2, 0.25) is 3.79 Å². The molecule has 4 nitrogen and oxygen atoms in total. The average molecular weight is 299 g/mol. The highest BCUT2D eigenvalue weighted by Gasteiger charge is 2.19. The van der Waals surface area contributed by atoms with Gasteiger partial charge in [-0.25, -0.2) is 4.79 Å². The summed E-state index contributed by atoms with van der Waals surface area (Å²) < 4.78 is 4.33. The quantitative estimate of drug-likeness (QED) is 0.635. The molecule has 0 aliphatic heterocycles. The number of methoxy groups -OCH3 is 1. The van der Waals surface area contributed by atoms with Crippen molar-refractivity contribution in [2.45, 2.75) is 26.3 Å². The second-order valence-corrected chi connectivity index (χ2v) is 4.19. The van der Waals surface area contributed by atoms with Crippen LogP contribution in [-0.4, -0.2) is 23.0 Å². The molecule has 0 saturated heterocycles. The first-order valence-corrected chi connectivity index (χ1v) is 5.09. The van der Waals surface area contributed by atoms with E-state index in [4.69, 9.17) is 0 Å². The van der Waals surface area contributed by atoms with Gasteiger partial charge >= 0.3 is 6.09 Å². The first-order chi connectivity index (χ1) is 5.97. The Kier molecular flexibility index (Phi) is 6.02. The zero-order chi connectivity index (χ0) is 10.4. The summed E-state index contributed by atoms with van der Waals surface area (Å²) in [5.74, 6) is 0.362. The molecule has 1 N–H and O–H groups in total. The highest BCUT2D eigenvalue weighted by atomic mass is 127. The van der Waals surface area contributed by atoms with Crippen molar-refractivity contribution in [2.24, 2.45) is 5.92 Å². The monoisotopic (exact) mass is 299 g/mol. The molecule has 5 heteroatoms. The maximum Gasteiger partial charge on any atom is 0.407 e. The van der Waals surface area contributed by atoms with Crippen LogP contribution in [0.4, 0.5) is 4.79 Å². The van der Waals surface area contributed by atoms with Crippen molar-refractivity contribution >= 4 is 32.5 Å². The minimum Gasteiger partial charge on any atom is -0.453 e. The molecule has 0 bridgehead atoms. The molecular formula is C8H14INO3. The number of rotatable bonds is 4. The van der Waals surface area contributed by atoms with E-state index in [1.165, 1.54) is 7.11 Å². The fourth-order valence-corrected chi connectivity index (χ4v) is 1.29. The first-order valence-electron chi connectivity index (χ1n) is 4.01. The van der Waals surface area contributed by atoms with Gasteiger partial charge in [0.25, 0.3) is 0 Å². The Morgan fingerprint density at radius 3 is 2.31 bits per heavy atom. The molecule has 0 spiro atoms. The van der Waals surface area contributed by atoms with Crippen LogP contribution >= 0.6 is 22.6 Å². The largest absolute Gasteiger partial charge is 0.453 e. The van der Waals surface area contributed by atoms with Crippen LogP contribution in [0.25, 0.3) is 0 Å². The Morgan fingerprint density at radius 2 is 2.00 bits per heavy atom. The van der Waals surface area contributed by atoms with Gasteiger partial charge in [-0.2, -0.15) is 0 Å². The highest BCUT2D eigenvalue weighted by Crippen LogP contribution is 2.08. The Bertz CT molecular complexity index is 194. The lowest BCUT2D eigenvalue weighted by atomic mass is 10.1. The molecule has 1 amide bonds. The Balaban J connectivity index is 4.10. The Hall–Kier alpha value is -0.330. The molecule has 0 aromatic heterocycles. The van der Waals surface area contributed by atoms with Crippen LogP contribution in [0.5, 0.6) is 0 Å². The Morgan fingerprint density at radius 1 is 1.46 bits per heavy atom. The van der Waals surface area contributed by atoms with E-state index in [-0.39, 0.29) is 3.79 Å². The molecule has 0 unspecified atom stereocenters. The minimum atomic E-state index is -0.560. The molecule has 76 valence electrons. The number of carbonyl (C=O) groups excluding carboxylic acids is 2. The van der Waals surface area contributed by atoms with Gasteiger partial charge in [-0.3, -0.25) is 4.79 Å². The lowest BCUT2D eigenvalue weighted by Gasteiger charge is -2.15. The summed E-state index contributed by atoms with van der Waals surface area (Å²) in [7, 11) is 1.28. The van der Waals surface area contributed by atoms with Crippen LogP contribution in [0.1, 0.15) is 20.3 Å². The lowest BCUT2D eigenvalue weighted by molar-refractivity contribution is -0.111. The normalized spacial score (nSPS) is 12.4. The number of carbonyl (C=O) groups is 2. The molecule has 0 aromatic rings. The van der Waals surface area contributed by atoms with Crippen LogP contribution in [0.15, 0.2) is 0 Å². The Labute approximate surface area is 91.5 Å². The summed E-state index contributed by atoms with van der Waals surface area (Å²) in [4.78, 5) is 21.9.